The molecule has 1 saturated heterocycles. The topological polar surface area (TPSA) is 38.5 Å². The highest BCUT2D eigenvalue weighted by Crippen LogP contribution is 2.31. The fraction of sp³-hybridized carbons (Fsp3) is 0.625. The summed E-state index contributed by atoms with van der Waals surface area (Å²) in [5.74, 6) is 1.40. The lowest BCUT2D eigenvalue weighted by molar-refractivity contribution is 0.249. The molecule has 1 atom stereocenters. The highest BCUT2D eigenvalue weighted by molar-refractivity contribution is 8.00. The van der Waals surface area contributed by atoms with Crippen LogP contribution in [0.2, 0.25) is 0 Å². The lowest BCUT2D eigenvalue weighted by atomic mass is 10.0. The van der Waals surface area contributed by atoms with Crippen LogP contribution in [0, 0.1) is 5.82 Å². The zero-order valence-corrected chi connectivity index (χ0v) is 13.9. The molecule has 1 aromatic rings. The molecule has 1 heterocycles. The summed E-state index contributed by atoms with van der Waals surface area (Å²) in [7, 11) is 1.55. The van der Waals surface area contributed by atoms with Crippen LogP contribution >= 0.6 is 11.8 Å². The second-order valence-corrected chi connectivity index (χ2v) is 7.94. The standard InChI is InChI=1S/C16H25FN2OS/c1-16(2)11-19(9-10-21-16)8-7-13(18)15-12(17)5-4-6-14(15)20-3/h4-6,13H,7-11,18H2,1-3H3. The van der Waals surface area contributed by atoms with Crippen LogP contribution in [0.3, 0.4) is 0 Å². The van der Waals surface area contributed by atoms with Crippen molar-refractivity contribution < 1.29 is 9.13 Å². The average molecular weight is 312 g/mol. The Labute approximate surface area is 131 Å². The Bertz CT molecular complexity index is 481. The molecule has 1 aliphatic heterocycles. The molecule has 0 amide bonds. The summed E-state index contributed by atoms with van der Waals surface area (Å²) in [6.07, 6.45) is 0.734. The minimum Gasteiger partial charge on any atom is -0.496 e. The summed E-state index contributed by atoms with van der Waals surface area (Å²) in [4.78, 5) is 2.42. The molecule has 1 fully saturated rings. The lowest BCUT2D eigenvalue weighted by Gasteiger charge is -2.38. The number of thioether (sulfide) groups is 1. The minimum atomic E-state index is -0.334. The van der Waals surface area contributed by atoms with E-state index in [0.717, 1.165) is 31.8 Å². The van der Waals surface area contributed by atoms with E-state index in [1.807, 2.05) is 11.8 Å². The summed E-state index contributed by atoms with van der Waals surface area (Å²) < 4.78 is 19.5. The summed E-state index contributed by atoms with van der Waals surface area (Å²) in [5.41, 5.74) is 6.70. The first-order valence-corrected chi connectivity index (χ1v) is 8.36. The molecule has 0 saturated carbocycles. The zero-order valence-electron chi connectivity index (χ0n) is 13.1. The summed E-state index contributed by atoms with van der Waals surface area (Å²) >= 11 is 2.01. The number of nitrogens with zero attached hydrogens (tertiary/aromatic N) is 1. The Morgan fingerprint density at radius 2 is 2.24 bits per heavy atom. The predicted molar refractivity (Wildman–Crippen MR) is 87.5 cm³/mol. The molecule has 1 aliphatic rings. The van der Waals surface area contributed by atoms with E-state index in [0.29, 0.717) is 11.3 Å². The molecule has 3 nitrogen and oxygen atoms in total. The number of benzene rings is 1. The maximum atomic E-state index is 14.0. The lowest BCUT2D eigenvalue weighted by Crippen LogP contribution is -2.43. The highest BCUT2D eigenvalue weighted by Gasteiger charge is 2.27. The largest absolute Gasteiger partial charge is 0.496 e. The molecule has 0 aromatic heterocycles. The van der Waals surface area contributed by atoms with Gasteiger partial charge in [0.1, 0.15) is 11.6 Å². The van der Waals surface area contributed by atoms with Gasteiger partial charge in [0.2, 0.25) is 0 Å². The van der Waals surface area contributed by atoms with E-state index in [9.17, 15) is 4.39 Å². The average Bonchev–Trinajstić information content (AvgIpc) is 2.43. The van der Waals surface area contributed by atoms with Gasteiger partial charge in [-0.3, -0.25) is 0 Å². The third-order valence-electron chi connectivity index (χ3n) is 3.86. The van der Waals surface area contributed by atoms with E-state index in [-0.39, 0.29) is 16.6 Å². The van der Waals surface area contributed by atoms with Crippen molar-refractivity contribution in [1.29, 1.82) is 0 Å². The molecule has 0 radical (unpaired) electrons. The van der Waals surface area contributed by atoms with Crippen LogP contribution < -0.4 is 10.5 Å². The third kappa shape index (κ3) is 4.34. The maximum absolute atomic E-state index is 14.0. The fourth-order valence-corrected chi connectivity index (χ4v) is 4.00. The molecule has 1 aromatic carbocycles. The highest BCUT2D eigenvalue weighted by atomic mass is 32.2. The van der Waals surface area contributed by atoms with Gasteiger partial charge in [-0.2, -0.15) is 11.8 Å². The van der Waals surface area contributed by atoms with Crippen molar-refractivity contribution in [2.24, 2.45) is 5.73 Å². The normalized spacial score (nSPS) is 20.2. The number of halogens is 1. The number of ether oxygens (including phenoxy) is 1. The van der Waals surface area contributed by atoms with Crippen LogP contribution in [0.4, 0.5) is 4.39 Å². The van der Waals surface area contributed by atoms with Crippen molar-refractivity contribution in [3.05, 3.63) is 29.6 Å². The summed E-state index contributed by atoms with van der Waals surface area (Å²) in [6.45, 7) is 7.56. The molecule has 2 rings (SSSR count). The van der Waals surface area contributed by atoms with E-state index >= 15 is 0 Å². The van der Waals surface area contributed by atoms with Gasteiger partial charge in [0.15, 0.2) is 0 Å². The molecule has 0 spiro atoms. The van der Waals surface area contributed by atoms with Crippen LogP contribution in [0.15, 0.2) is 18.2 Å². The second kappa shape index (κ2) is 6.99. The molecule has 0 aliphatic carbocycles. The second-order valence-electron chi connectivity index (χ2n) is 6.14. The van der Waals surface area contributed by atoms with Gasteiger partial charge < -0.3 is 15.4 Å². The first-order valence-electron chi connectivity index (χ1n) is 7.37. The molecular weight excluding hydrogens is 287 g/mol. The van der Waals surface area contributed by atoms with Gasteiger partial charge in [-0.05, 0) is 32.4 Å². The fourth-order valence-electron chi connectivity index (χ4n) is 2.83. The van der Waals surface area contributed by atoms with E-state index in [4.69, 9.17) is 10.5 Å². The summed E-state index contributed by atoms with van der Waals surface area (Å²) in [5, 5.41) is 0. The molecule has 1 unspecified atom stereocenters. The first kappa shape index (κ1) is 16.6. The van der Waals surface area contributed by atoms with Crippen LogP contribution in [0.5, 0.6) is 5.75 Å². The van der Waals surface area contributed by atoms with E-state index < -0.39 is 0 Å². The number of rotatable bonds is 5. The maximum Gasteiger partial charge on any atom is 0.131 e. The smallest absolute Gasteiger partial charge is 0.131 e. The van der Waals surface area contributed by atoms with Crippen molar-refractivity contribution in [3.63, 3.8) is 0 Å². The van der Waals surface area contributed by atoms with Crippen LogP contribution in [-0.2, 0) is 0 Å². The number of nitrogens with two attached hydrogens (primary N) is 1. The minimum absolute atomic E-state index is 0.281. The van der Waals surface area contributed by atoms with Gasteiger partial charge in [-0.15, -0.1) is 0 Å². The van der Waals surface area contributed by atoms with E-state index in [1.165, 1.54) is 6.07 Å². The van der Waals surface area contributed by atoms with Crippen molar-refractivity contribution in [2.45, 2.75) is 31.1 Å². The number of hydrogen-bond donors (Lipinski definition) is 1. The van der Waals surface area contributed by atoms with Crippen molar-refractivity contribution in [3.8, 4) is 5.75 Å². The van der Waals surface area contributed by atoms with Gasteiger partial charge >= 0.3 is 0 Å². The van der Waals surface area contributed by atoms with Crippen LogP contribution in [0.25, 0.3) is 0 Å². The Morgan fingerprint density at radius 1 is 1.48 bits per heavy atom. The van der Waals surface area contributed by atoms with Crippen LogP contribution in [-0.4, -0.2) is 42.1 Å². The Balaban J connectivity index is 1.97. The van der Waals surface area contributed by atoms with Gasteiger partial charge in [-0.25, -0.2) is 4.39 Å². The Hall–Kier alpha value is -0.780. The van der Waals surface area contributed by atoms with Crippen molar-refractivity contribution in [1.82, 2.24) is 4.90 Å². The van der Waals surface area contributed by atoms with Gasteiger partial charge in [-0.1, -0.05) is 6.07 Å². The van der Waals surface area contributed by atoms with Gasteiger partial charge in [0.25, 0.3) is 0 Å². The van der Waals surface area contributed by atoms with E-state index in [2.05, 4.69) is 18.7 Å². The quantitative estimate of drug-likeness (QED) is 0.907. The first-order chi connectivity index (χ1) is 9.93. The molecule has 5 heteroatoms. The van der Waals surface area contributed by atoms with Crippen molar-refractivity contribution in [2.75, 3.05) is 32.5 Å². The zero-order chi connectivity index (χ0) is 15.5. The monoisotopic (exact) mass is 312 g/mol. The van der Waals surface area contributed by atoms with Crippen molar-refractivity contribution >= 4 is 11.8 Å². The molecule has 21 heavy (non-hydrogen) atoms. The van der Waals surface area contributed by atoms with E-state index in [1.54, 1.807) is 19.2 Å². The SMILES string of the molecule is COc1cccc(F)c1C(N)CCN1CCSC(C)(C)C1. The molecule has 0 bridgehead atoms. The third-order valence-corrected chi connectivity index (χ3v) is 5.16. The predicted octanol–water partition coefficient (Wildman–Crippen LogP) is 3.05. The molecular formula is C16H25FN2OS. The van der Waals surface area contributed by atoms with Gasteiger partial charge in [0, 0.05) is 41.7 Å². The summed E-state index contributed by atoms with van der Waals surface area (Å²) in [6, 6.07) is 4.52. The number of methoxy groups -OCH3 is 1. The molecule has 2 N–H and O–H groups in total. The Morgan fingerprint density at radius 3 is 2.90 bits per heavy atom. The molecule has 118 valence electrons. The van der Waals surface area contributed by atoms with Crippen LogP contribution in [0.1, 0.15) is 31.9 Å². The number of hydrogen-bond acceptors (Lipinski definition) is 4. The van der Waals surface area contributed by atoms with Gasteiger partial charge in [0.05, 0.1) is 7.11 Å². The Kier molecular flexibility index (Phi) is 5.52.